The van der Waals surface area contributed by atoms with E-state index in [1.54, 1.807) is 18.2 Å². The quantitative estimate of drug-likeness (QED) is 0.598. The van der Waals surface area contributed by atoms with E-state index >= 15 is 0 Å². The van der Waals surface area contributed by atoms with Gasteiger partial charge in [0.2, 0.25) is 0 Å². The fraction of sp³-hybridized carbons (Fsp3) is 0.524. The summed E-state index contributed by atoms with van der Waals surface area (Å²) in [5, 5.41) is 11.4. The molecule has 0 fully saturated rings. The molecule has 1 atom stereocenters. The van der Waals surface area contributed by atoms with E-state index in [-0.39, 0.29) is 70.6 Å². The predicted octanol–water partition coefficient (Wildman–Crippen LogP) is 1.25. The molecule has 5 heteroatoms. The van der Waals surface area contributed by atoms with Crippen molar-refractivity contribution in [2.24, 2.45) is 11.8 Å². The van der Waals surface area contributed by atoms with Gasteiger partial charge in [-0.25, -0.2) is 6.04 Å². The molecule has 26 heavy (non-hydrogen) atoms. The number of amides is 1. The van der Waals surface area contributed by atoms with Gasteiger partial charge in [0.05, 0.1) is 11.6 Å². The number of hydrogen-bond acceptors (Lipinski definition) is 2. The van der Waals surface area contributed by atoms with Crippen LogP contribution < -0.4 is 62.2 Å². The first-order valence-corrected chi connectivity index (χ1v) is 8.58. The molecule has 1 N–H and O–H groups in total. The summed E-state index contributed by atoms with van der Waals surface area (Å²) >= 11 is 0. The molecule has 0 spiro atoms. The number of carbonyl (C=O) groups is 1. The van der Waals surface area contributed by atoms with Crippen molar-refractivity contribution >= 4 is 19.2 Å². The Bertz CT molecular complexity index is 553. The average Bonchev–Trinajstić information content (AvgIpc) is 2.46. The zero-order valence-electron chi connectivity index (χ0n) is 17.9. The molecule has 1 rings (SSSR count). The topological polar surface area (TPSA) is 52.9 Å². The minimum Gasteiger partial charge on any atom is -0.503 e. The van der Waals surface area contributed by atoms with Crippen molar-refractivity contribution in [3.8, 4) is 6.07 Å². The summed E-state index contributed by atoms with van der Waals surface area (Å²) in [5.74, 6) is 0.977. The molecule has 1 amide bonds. The first-order valence-electron chi connectivity index (χ1n) is 8.58. The first kappa shape index (κ1) is 30.6. The van der Waals surface area contributed by atoms with E-state index in [0.717, 1.165) is 30.9 Å². The summed E-state index contributed by atoms with van der Waals surface area (Å²) in [5.41, 5.74) is 2.33. The summed E-state index contributed by atoms with van der Waals surface area (Å²) in [4.78, 5) is 11.7. The zero-order valence-corrected chi connectivity index (χ0v) is 21.1. The SMILES string of the molecule is CCCC(CC(C)C)C(=O)N[C-](C)C.[B]c1ccc(C#N)c(C)c1.[CH3-].[K+]. The Kier molecular flexibility index (Phi) is 20.0. The molecule has 0 heterocycles. The Morgan fingerprint density at radius 3 is 2.31 bits per heavy atom. The molecule has 0 aliphatic carbocycles. The summed E-state index contributed by atoms with van der Waals surface area (Å²) in [6.07, 6.45) is 3.07. The number of aryl methyl sites for hydroxylation is 1. The van der Waals surface area contributed by atoms with Crippen LogP contribution in [0.15, 0.2) is 18.2 Å². The third-order valence-corrected chi connectivity index (χ3v) is 3.51. The van der Waals surface area contributed by atoms with Gasteiger partial charge in [0.25, 0.3) is 0 Å². The Labute approximate surface area is 205 Å². The number of nitrogens with zero attached hydrogens (tertiary/aromatic N) is 1. The van der Waals surface area contributed by atoms with Crippen molar-refractivity contribution in [1.82, 2.24) is 5.32 Å². The second-order valence-corrected chi connectivity index (χ2v) is 6.79. The molecule has 1 aromatic rings. The van der Waals surface area contributed by atoms with E-state index in [0.29, 0.717) is 16.9 Å². The van der Waals surface area contributed by atoms with Crippen LogP contribution in [0, 0.1) is 43.6 Å². The fourth-order valence-electron chi connectivity index (χ4n) is 2.43. The summed E-state index contributed by atoms with van der Waals surface area (Å²) in [6, 6.07) is 8.30. The standard InChI is InChI=1S/C12H24NO.C8H6BN.CH3.K/c1-6-7-11(8-9(2)3)12(14)13-10(4)5;1-6-4-8(9)3-2-7(6)5-10;;/h9,11H,6-8H2,1-5H3,(H,13,14);2-4H,1H3;1H3;/q-1;;-1;+1. The van der Waals surface area contributed by atoms with Gasteiger partial charge in [-0.2, -0.15) is 19.1 Å². The van der Waals surface area contributed by atoms with Gasteiger partial charge in [-0.1, -0.05) is 44.8 Å². The second-order valence-electron chi connectivity index (χ2n) is 6.79. The summed E-state index contributed by atoms with van der Waals surface area (Å²) < 4.78 is 0. The van der Waals surface area contributed by atoms with Crippen LogP contribution in [0.1, 0.15) is 65.0 Å². The van der Waals surface area contributed by atoms with Crippen LogP contribution >= 0.6 is 0 Å². The van der Waals surface area contributed by atoms with Crippen LogP contribution in [0.2, 0.25) is 0 Å². The Morgan fingerprint density at radius 2 is 1.92 bits per heavy atom. The second kappa shape index (κ2) is 17.0. The molecule has 0 aliphatic rings. The van der Waals surface area contributed by atoms with Crippen molar-refractivity contribution in [3.63, 3.8) is 0 Å². The maximum absolute atomic E-state index is 11.7. The number of nitrogens with one attached hydrogen (secondary N) is 1. The first-order chi connectivity index (χ1) is 11.2. The van der Waals surface area contributed by atoms with Crippen molar-refractivity contribution < 1.29 is 56.2 Å². The molecule has 0 aliphatic heterocycles. The fourth-order valence-corrected chi connectivity index (χ4v) is 2.43. The van der Waals surface area contributed by atoms with Gasteiger partial charge in [-0.3, -0.25) is 4.79 Å². The number of hydrogen-bond donors (Lipinski definition) is 1. The average molecular weight is 379 g/mol. The Hall–Kier alpha value is -0.119. The van der Waals surface area contributed by atoms with E-state index in [1.165, 1.54) is 0 Å². The van der Waals surface area contributed by atoms with Gasteiger partial charge in [0, 0.05) is 5.92 Å². The smallest absolute Gasteiger partial charge is 0.503 e. The molecule has 1 aromatic carbocycles. The van der Waals surface area contributed by atoms with Gasteiger partial charge in [0.15, 0.2) is 5.91 Å². The van der Waals surface area contributed by atoms with Crippen LogP contribution in [-0.4, -0.2) is 13.8 Å². The zero-order chi connectivity index (χ0) is 18.7. The predicted molar refractivity (Wildman–Crippen MR) is 108 cm³/mol. The summed E-state index contributed by atoms with van der Waals surface area (Å²) in [7, 11) is 5.47. The summed E-state index contributed by atoms with van der Waals surface area (Å²) in [6.45, 7) is 12.2. The molecule has 138 valence electrons. The van der Waals surface area contributed by atoms with Crippen LogP contribution in [0.3, 0.4) is 0 Å². The van der Waals surface area contributed by atoms with Gasteiger partial charge < -0.3 is 12.7 Å². The van der Waals surface area contributed by atoms with Crippen LogP contribution in [0.4, 0.5) is 0 Å². The van der Waals surface area contributed by atoms with Gasteiger partial charge >= 0.3 is 51.4 Å². The van der Waals surface area contributed by atoms with Crippen LogP contribution in [0.5, 0.6) is 0 Å². The molecule has 0 saturated heterocycles. The van der Waals surface area contributed by atoms with Crippen LogP contribution in [-0.2, 0) is 4.79 Å². The maximum Gasteiger partial charge on any atom is 1.00 e. The van der Waals surface area contributed by atoms with Crippen molar-refractivity contribution in [3.05, 3.63) is 42.8 Å². The number of carbonyl (C=O) groups excluding carboxylic acids is 1. The van der Waals surface area contributed by atoms with Crippen molar-refractivity contribution in [2.45, 2.75) is 60.8 Å². The minimum absolute atomic E-state index is 0. The number of benzene rings is 1. The normalized spacial score (nSPS) is 10.6. The third kappa shape index (κ3) is 14.0. The van der Waals surface area contributed by atoms with Crippen LogP contribution in [0.25, 0.3) is 0 Å². The molecular formula is C21H33BKN2O-. The molecular weight excluding hydrogens is 346 g/mol. The minimum atomic E-state index is 0. The van der Waals surface area contributed by atoms with E-state index in [4.69, 9.17) is 13.1 Å². The third-order valence-electron chi connectivity index (χ3n) is 3.51. The van der Waals surface area contributed by atoms with E-state index in [9.17, 15) is 4.79 Å². The van der Waals surface area contributed by atoms with Crippen molar-refractivity contribution in [1.29, 1.82) is 5.26 Å². The Morgan fingerprint density at radius 1 is 1.35 bits per heavy atom. The van der Waals surface area contributed by atoms with E-state index in [1.807, 2.05) is 20.8 Å². The van der Waals surface area contributed by atoms with E-state index < -0.39 is 0 Å². The van der Waals surface area contributed by atoms with Gasteiger partial charge in [-0.15, -0.1) is 0 Å². The molecule has 0 bridgehead atoms. The van der Waals surface area contributed by atoms with Gasteiger partial charge in [-0.05, 0) is 37.3 Å². The van der Waals surface area contributed by atoms with Crippen molar-refractivity contribution in [2.75, 3.05) is 0 Å². The largest absolute Gasteiger partial charge is 1.00 e. The van der Waals surface area contributed by atoms with Gasteiger partial charge in [0.1, 0.15) is 7.85 Å². The molecule has 0 saturated carbocycles. The molecule has 2 radical (unpaired) electrons. The molecule has 1 unspecified atom stereocenters. The monoisotopic (exact) mass is 379 g/mol. The van der Waals surface area contributed by atoms with E-state index in [2.05, 4.69) is 32.2 Å². The molecule has 0 aromatic heterocycles. The Balaban J connectivity index is -0.000000393. The number of nitriles is 1. The number of rotatable bonds is 6. The maximum atomic E-state index is 11.7. The molecule has 3 nitrogen and oxygen atoms in total.